The lowest BCUT2D eigenvalue weighted by Gasteiger charge is -2.14. The molecule has 1 aromatic carbocycles. The first-order chi connectivity index (χ1) is 9.88. The fraction of sp³-hybridized carbons (Fsp3) is 0.308. The van der Waals surface area contributed by atoms with Gasteiger partial charge in [-0.1, -0.05) is 28.1 Å². The standard InChI is InChI=1S/C13H16BrN3O4/c14-9-3-1-2-8(6-9)7-16-13(21)17-10(12(19)20)4-5-11(15)18/h1-3,6,10H,4-5,7H2,(H2,15,18)(H,19,20)(H2,16,17,21). The second-order valence-electron chi connectivity index (χ2n) is 4.35. The quantitative estimate of drug-likeness (QED) is 0.580. The zero-order chi connectivity index (χ0) is 15.8. The predicted molar refractivity (Wildman–Crippen MR) is 79.4 cm³/mol. The van der Waals surface area contributed by atoms with Crippen LogP contribution in [0.25, 0.3) is 0 Å². The fourth-order valence-electron chi connectivity index (χ4n) is 1.58. The summed E-state index contributed by atoms with van der Waals surface area (Å²) in [5.74, 6) is -1.83. The maximum absolute atomic E-state index is 11.6. The molecular weight excluding hydrogens is 342 g/mol. The number of carbonyl (C=O) groups is 3. The van der Waals surface area contributed by atoms with Crippen LogP contribution in [0.3, 0.4) is 0 Å². The van der Waals surface area contributed by atoms with Gasteiger partial charge in [-0.15, -0.1) is 0 Å². The van der Waals surface area contributed by atoms with E-state index in [4.69, 9.17) is 10.8 Å². The molecule has 114 valence electrons. The second-order valence-corrected chi connectivity index (χ2v) is 5.27. The monoisotopic (exact) mass is 357 g/mol. The van der Waals surface area contributed by atoms with Crippen molar-refractivity contribution < 1.29 is 19.5 Å². The Kier molecular flexibility index (Phi) is 6.67. The molecule has 0 spiro atoms. The zero-order valence-corrected chi connectivity index (χ0v) is 12.7. The highest BCUT2D eigenvalue weighted by molar-refractivity contribution is 9.10. The molecule has 1 aromatic rings. The largest absolute Gasteiger partial charge is 0.480 e. The number of rotatable bonds is 7. The number of benzene rings is 1. The SMILES string of the molecule is NC(=O)CCC(NC(=O)NCc1cccc(Br)c1)C(=O)O. The van der Waals surface area contributed by atoms with E-state index in [1.165, 1.54) is 0 Å². The zero-order valence-electron chi connectivity index (χ0n) is 11.1. The van der Waals surface area contributed by atoms with Crippen LogP contribution in [-0.4, -0.2) is 29.1 Å². The number of urea groups is 1. The van der Waals surface area contributed by atoms with Gasteiger partial charge >= 0.3 is 12.0 Å². The Morgan fingerprint density at radius 2 is 2.05 bits per heavy atom. The number of nitrogens with two attached hydrogens (primary N) is 1. The Bertz CT molecular complexity index is 536. The molecule has 21 heavy (non-hydrogen) atoms. The molecule has 0 bridgehead atoms. The van der Waals surface area contributed by atoms with E-state index in [-0.39, 0.29) is 19.4 Å². The first kappa shape index (κ1) is 17.0. The topological polar surface area (TPSA) is 122 Å². The average Bonchev–Trinajstić information content (AvgIpc) is 2.40. The van der Waals surface area contributed by atoms with Crippen molar-refractivity contribution in [1.29, 1.82) is 0 Å². The molecule has 0 aliphatic carbocycles. The van der Waals surface area contributed by atoms with Gasteiger partial charge in [-0.3, -0.25) is 4.79 Å². The first-order valence-electron chi connectivity index (χ1n) is 6.18. The summed E-state index contributed by atoms with van der Waals surface area (Å²) in [6.07, 6.45) is -0.155. The maximum atomic E-state index is 11.6. The van der Waals surface area contributed by atoms with Crippen molar-refractivity contribution >= 4 is 33.8 Å². The number of aliphatic carboxylic acids is 1. The van der Waals surface area contributed by atoms with Gasteiger partial charge in [0.15, 0.2) is 0 Å². The smallest absolute Gasteiger partial charge is 0.326 e. The van der Waals surface area contributed by atoms with Crippen LogP contribution in [0.1, 0.15) is 18.4 Å². The normalized spacial score (nSPS) is 11.5. The van der Waals surface area contributed by atoms with Crippen LogP contribution in [0.5, 0.6) is 0 Å². The Morgan fingerprint density at radius 3 is 2.62 bits per heavy atom. The molecule has 8 heteroatoms. The van der Waals surface area contributed by atoms with E-state index < -0.39 is 23.9 Å². The number of carboxylic acid groups (broad SMARTS) is 1. The highest BCUT2D eigenvalue weighted by Gasteiger charge is 2.20. The van der Waals surface area contributed by atoms with Crippen LogP contribution in [0.2, 0.25) is 0 Å². The van der Waals surface area contributed by atoms with E-state index in [9.17, 15) is 14.4 Å². The molecule has 5 N–H and O–H groups in total. The van der Waals surface area contributed by atoms with Crippen LogP contribution < -0.4 is 16.4 Å². The number of nitrogens with one attached hydrogen (secondary N) is 2. The molecule has 7 nitrogen and oxygen atoms in total. The van der Waals surface area contributed by atoms with Gasteiger partial charge in [-0.2, -0.15) is 0 Å². The van der Waals surface area contributed by atoms with Crippen LogP contribution in [0.15, 0.2) is 28.7 Å². The Hall–Kier alpha value is -2.09. The number of carbonyl (C=O) groups excluding carboxylic acids is 2. The molecule has 0 radical (unpaired) electrons. The lowest BCUT2D eigenvalue weighted by Crippen LogP contribution is -2.46. The average molecular weight is 358 g/mol. The molecule has 0 saturated heterocycles. The maximum Gasteiger partial charge on any atom is 0.326 e. The van der Waals surface area contributed by atoms with Gasteiger partial charge in [0.05, 0.1) is 0 Å². The van der Waals surface area contributed by atoms with Crippen molar-refractivity contribution in [2.75, 3.05) is 0 Å². The summed E-state index contributed by atoms with van der Waals surface area (Å²) >= 11 is 3.31. The summed E-state index contributed by atoms with van der Waals surface area (Å²) in [7, 11) is 0. The minimum atomic E-state index is -1.21. The van der Waals surface area contributed by atoms with Crippen LogP contribution >= 0.6 is 15.9 Å². The molecule has 0 saturated carbocycles. The Balaban J connectivity index is 2.46. The first-order valence-corrected chi connectivity index (χ1v) is 6.97. The number of amides is 3. The van der Waals surface area contributed by atoms with Crippen molar-refractivity contribution in [3.05, 3.63) is 34.3 Å². The summed E-state index contributed by atoms with van der Waals surface area (Å²) in [5.41, 5.74) is 5.82. The van der Waals surface area contributed by atoms with Gasteiger partial charge in [-0.25, -0.2) is 9.59 Å². The van der Waals surface area contributed by atoms with Gasteiger partial charge < -0.3 is 21.5 Å². The number of primary amides is 1. The summed E-state index contributed by atoms with van der Waals surface area (Å²) in [4.78, 5) is 33.3. The minimum Gasteiger partial charge on any atom is -0.480 e. The summed E-state index contributed by atoms with van der Waals surface area (Å²) in [6.45, 7) is 0.257. The van der Waals surface area contributed by atoms with Crippen LogP contribution in [0, 0.1) is 0 Å². The van der Waals surface area contributed by atoms with Gasteiger partial charge in [0.2, 0.25) is 5.91 Å². The number of hydrogen-bond acceptors (Lipinski definition) is 3. The van der Waals surface area contributed by atoms with Gasteiger partial charge in [0, 0.05) is 17.4 Å². The highest BCUT2D eigenvalue weighted by Crippen LogP contribution is 2.11. The predicted octanol–water partition coefficient (Wildman–Crippen LogP) is 0.967. The molecule has 0 fully saturated rings. The molecular formula is C13H16BrN3O4. The van der Waals surface area contributed by atoms with Crippen LogP contribution in [0.4, 0.5) is 4.79 Å². The van der Waals surface area contributed by atoms with E-state index >= 15 is 0 Å². The molecule has 1 atom stereocenters. The summed E-state index contributed by atoms with van der Waals surface area (Å²) in [5, 5.41) is 13.8. The molecule has 0 aliphatic heterocycles. The Morgan fingerprint density at radius 1 is 1.33 bits per heavy atom. The molecule has 3 amide bonds. The van der Waals surface area contributed by atoms with Crippen molar-refractivity contribution in [3.63, 3.8) is 0 Å². The number of hydrogen-bond donors (Lipinski definition) is 4. The van der Waals surface area contributed by atoms with Gasteiger partial charge in [-0.05, 0) is 24.1 Å². The van der Waals surface area contributed by atoms with Crippen molar-refractivity contribution in [3.8, 4) is 0 Å². The van der Waals surface area contributed by atoms with E-state index in [2.05, 4.69) is 26.6 Å². The second kappa shape index (κ2) is 8.25. The fourth-order valence-corrected chi connectivity index (χ4v) is 2.03. The summed E-state index contributed by atoms with van der Waals surface area (Å²) in [6, 6.07) is 5.57. The van der Waals surface area contributed by atoms with E-state index in [0.29, 0.717) is 0 Å². The molecule has 1 rings (SSSR count). The lowest BCUT2D eigenvalue weighted by atomic mass is 10.1. The third-order valence-corrected chi connectivity index (χ3v) is 3.12. The lowest BCUT2D eigenvalue weighted by molar-refractivity contribution is -0.139. The third-order valence-electron chi connectivity index (χ3n) is 2.62. The molecule has 0 heterocycles. The van der Waals surface area contributed by atoms with Gasteiger partial charge in [0.1, 0.15) is 6.04 Å². The van der Waals surface area contributed by atoms with Crippen LogP contribution in [-0.2, 0) is 16.1 Å². The number of halogens is 1. The molecule has 1 unspecified atom stereocenters. The third kappa shape index (κ3) is 6.75. The molecule has 0 aromatic heterocycles. The molecule has 0 aliphatic rings. The van der Waals surface area contributed by atoms with E-state index in [1.807, 2.05) is 24.3 Å². The highest BCUT2D eigenvalue weighted by atomic mass is 79.9. The summed E-state index contributed by atoms with van der Waals surface area (Å²) < 4.78 is 0.882. The van der Waals surface area contributed by atoms with Crippen molar-refractivity contribution in [1.82, 2.24) is 10.6 Å². The number of carboxylic acids is 1. The van der Waals surface area contributed by atoms with E-state index in [1.54, 1.807) is 0 Å². The Labute approximate surface area is 130 Å². The minimum absolute atomic E-state index is 0.0467. The van der Waals surface area contributed by atoms with Crippen molar-refractivity contribution in [2.45, 2.75) is 25.4 Å². The van der Waals surface area contributed by atoms with Gasteiger partial charge in [0.25, 0.3) is 0 Å². The van der Waals surface area contributed by atoms with Crippen molar-refractivity contribution in [2.24, 2.45) is 5.73 Å². The van der Waals surface area contributed by atoms with E-state index in [0.717, 1.165) is 10.0 Å².